The zero-order chi connectivity index (χ0) is 26.0. The number of aromatic amines is 1. The minimum Gasteiger partial charge on any atom is -0.478 e. The van der Waals surface area contributed by atoms with Crippen molar-refractivity contribution in [2.45, 2.75) is 46.5 Å². The summed E-state index contributed by atoms with van der Waals surface area (Å²) in [5.41, 5.74) is 1.31. The molecule has 3 aromatic rings. The van der Waals surface area contributed by atoms with Gasteiger partial charge < -0.3 is 15.0 Å². The number of nitrogens with zero attached hydrogens (tertiary/aromatic N) is 2. The molecule has 0 radical (unpaired) electrons. The normalized spacial score (nSPS) is 14.7. The number of aryl methyl sites for hydroxylation is 1. The van der Waals surface area contributed by atoms with E-state index in [0.29, 0.717) is 66.6 Å². The van der Waals surface area contributed by atoms with E-state index in [9.17, 15) is 24.3 Å². The van der Waals surface area contributed by atoms with Crippen molar-refractivity contribution in [1.29, 1.82) is 0 Å². The van der Waals surface area contributed by atoms with E-state index in [0.717, 1.165) is 0 Å². The van der Waals surface area contributed by atoms with Crippen LogP contribution in [0.25, 0.3) is 10.9 Å². The summed E-state index contributed by atoms with van der Waals surface area (Å²) < 4.78 is 0. The monoisotopic (exact) mass is 489 g/mol. The molecule has 0 spiro atoms. The molecule has 8 heteroatoms. The number of H-pyrrole nitrogens is 1. The van der Waals surface area contributed by atoms with Gasteiger partial charge in [-0.15, -0.1) is 0 Å². The number of carboxylic acid groups (broad SMARTS) is 1. The Morgan fingerprint density at radius 1 is 1.11 bits per heavy atom. The van der Waals surface area contributed by atoms with Crippen molar-refractivity contribution in [1.82, 2.24) is 14.9 Å². The molecule has 0 bridgehead atoms. The molecule has 2 N–H and O–H groups in total. The van der Waals surface area contributed by atoms with E-state index in [1.165, 1.54) is 6.07 Å². The molecule has 1 aromatic heterocycles. The summed E-state index contributed by atoms with van der Waals surface area (Å²) in [5.74, 6) is -0.623. The molecular weight excluding hydrogens is 458 g/mol. The lowest BCUT2D eigenvalue weighted by molar-refractivity contribution is -0.134. The van der Waals surface area contributed by atoms with Gasteiger partial charge in [0.25, 0.3) is 5.56 Å². The number of aromatic nitrogens is 2. The Labute approximate surface area is 209 Å². The molecule has 1 aliphatic rings. The highest BCUT2D eigenvalue weighted by atomic mass is 16.4. The molecule has 1 saturated heterocycles. The Morgan fingerprint density at radius 3 is 2.47 bits per heavy atom. The zero-order valence-corrected chi connectivity index (χ0v) is 20.8. The standard InChI is InChI=1S/C28H31N3O5/c1-17-14-19(8-9-20(17)27(35)36)25(33)18-10-12-31(13-11-18)24(32)16-28(2,3)15-23-29-22-7-5-4-6-21(22)26(34)30-23/h4-9,14,18H,10-13,15-16H2,1-3H3,(H,35,36)(H,29,30,34). The van der Waals surface area contributed by atoms with Crippen LogP contribution in [0.1, 0.15) is 65.2 Å². The van der Waals surface area contributed by atoms with Crippen LogP contribution in [0.4, 0.5) is 0 Å². The van der Waals surface area contributed by atoms with Crippen molar-refractivity contribution < 1.29 is 19.5 Å². The SMILES string of the molecule is Cc1cc(C(=O)C2CCN(C(=O)CC(C)(C)Cc3nc4ccccc4c(=O)[nH]3)CC2)ccc1C(=O)O. The number of carboxylic acids is 1. The van der Waals surface area contributed by atoms with Gasteiger partial charge in [0, 0.05) is 37.4 Å². The van der Waals surface area contributed by atoms with Gasteiger partial charge in [-0.3, -0.25) is 14.4 Å². The van der Waals surface area contributed by atoms with E-state index in [2.05, 4.69) is 9.97 Å². The first-order valence-corrected chi connectivity index (χ1v) is 12.2. The van der Waals surface area contributed by atoms with E-state index >= 15 is 0 Å². The Kier molecular flexibility index (Phi) is 7.06. The number of benzene rings is 2. The average molecular weight is 490 g/mol. The number of amides is 1. The van der Waals surface area contributed by atoms with Crippen molar-refractivity contribution in [3.63, 3.8) is 0 Å². The lowest BCUT2D eigenvalue weighted by Crippen LogP contribution is -2.42. The van der Waals surface area contributed by atoms with Gasteiger partial charge in [0.15, 0.2) is 5.78 Å². The summed E-state index contributed by atoms with van der Waals surface area (Å²) in [6.07, 6.45) is 1.91. The Hall–Kier alpha value is -3.81. The van der Waals surface area contributed by atoms with Crippen LogP contribution in [0.3, 0.4) is 0 Å². The molecule has 8 nitrogen and oxygen atoms in total. The molecule has 4 rings (SSSR count). The van der Waals surface area contributed by atoms with Gasteiger partial charge in [0.1, 0.15) is 5.82 Å². The molecule has 1 aliphatic heterocycles. The van der Waals surface area contributed by atoms with Crippen molar-refractivity contribution in [2.24, 2.45) is 11.3 Å². The number of para-hydroxylation sites is 1. The van der Waals surface area contributed by atoms with Gasteiger partial charge in [0.05, 0.1) is 16.5 Å². The molecule has 188 valence electrons. The van der Waals surface area contributed by atoms with Gasteiger partial charge in [-0.2, -0.15) is 0 Å². The minimum absolute atomic E-state index is 0.00574. The van der Waals surface area contributed by atoms with Crippen LogP contribution >= 0.6 is 0 Å². The predicted octanol–water partition coefficient (Wildman–Crippen LogP) is 4.01. The second-order valence-corrected chi connectivity index (χ2v) is 10.4. The molecule has 0 saturated carbocycles. The number of ketones is 1. The largest absolute Gasteiger partial charge is 0.478 e. The Balaban J connectivity index is 1.35. The van der Waals surface area contributed by atoms with Crippen LogP contribution in [-0.4, -0.2) is 50.7 Å². The Bertz CT molecular complexity index is 1380. The maximum Gasteiger partial charge on any atom is 0.335 e. The number of carbonyl (C=O) groups excluding carboxylic acids is 2. The van der Waals surface area contributed by atoms with E-state index in [1.807, 2.05) is 19.9 Å². The van der Waals surface area contributed by atoms with Crippen LogP contribution in [0.2, 0.25) is 0 Å². The molecule has 0 atom stereocenters. The van der Waals surface area contributed by atoms with Crippen molar-refractivity contribution in [3.05, 3.63) is 75.3 Å². The van der Waals surface area contributed by atoms with E-state index in [1.54, 1.807) is 42.2 Å². The van der Waals surface area contributed by atoms with Crippen LogP contribution in [0.5, 0.6) is 0 Å². The fourth-order valence-corrected chi connectivity index (χ4v) is 4.94. The molecule has 2 heterocycles. The van der Waals surface area contributed by atoms with E-state index in [-0.39, 0.29) is 28.7 Å². The fraction of sp³-hybridized carbons (Fsp3) is 0.393. The molecule has 36 heavy (non-hydrogen) atoms. The lowest BCUT2D eigenvalue weighted by atomic mass is 9.83. The number of fused-ring (bicyclic) bond motifs is 1. The number of hydrogen-bond donors (Lipinski definition) is 2. The zero-order valence-electron chi connectivity index (χ0n) is 20.8. The summed E-state index contributed by atoms with van der Waals surface area (Å²) in [6, 6.07) is 11.9. The highest BCUT2D eigenvalue weighted by molar-refractivity contribution is 5.99. The van der Waals surface area contributed by atoms with Gasteiger partial charge >= 0.3 is 5.97 Å². The molecule has 0 aliphatic carbocycles. The topological polar surface area (TPSA) is 120 Å². The molecule has 1 amide bonds. The fourth-order valence-electron chi connectivity index (χ4n) is 4.94. The van der Waals surface area contributed by atoms with Gasteiger partial charge in [-0.05, 0) is 55.0 Å². The molecular formula is C28H31N3O5. The quantitative estimate of drug-likeness (QED) is 0.484. The number of nitrogens with one attached hydrogen (secondary N) is 1. The second kappa shape index (κ2) is 10.0. The number of likely N-dealkylation sites (tertiary alicyclic amines) is 1. The number of Topliss-reactive ketones (excluding diaryl/α,β-unsaturated/α-hetero) is 1. The first kappa shape index (κ1) is 25.3. The lowest BCUT2D eigenvalue weighted by Gasteiger charge is -2.34. The smallest absolute Gasteiger partial charge is 0.335 e. The maximum absolute atomic E-state index is 13.1. The van der Waals surface area contributed by atoms with Gasteiger partial charge in [-0.1, -0.05) is 32.0 Å². The first-order chi connectivity index (χ1) is 17.0. The minimum atomic E-state index is -1.01. The van der Waals surface area contributed by atoms with Crippen molar-refractivity contribution >= 4 is 28.6 Å². The summed E-state index contributed by atoms with van der Waals surface area (Å²) in [4.78, 5) is 58.9. The third kappa shape index (κ3) is 5.53. The summed E-state index contributed by atoms with van der Waals surface area (Å²) >= 11 is 0. The third-order valence-corrected chi connectivity index (χ3v) is 6.90. The van der Waals surface area contributed by atoms with Crippen LogP contribution in [-0.2, 0) is 11.2 Å². The van der Waals surface area contributed by atoms with Crippen molar-refractivity contribution in [3.8, 4) is 0 Å². The first-order valence-electron chi connectivity index (χ1n) is 12.2. The third-order valence-electron chi connectivity index (χ3n) is 6.90. The highest BCUT2D eigenvalue weighted by Crippen LogP contribution is 2.28. The summed E-state index contributed by atoms with van der Waals surface area (Å²) in [5, 5.41) is 9.74. The number of carbonyl (C=O) groups is 3. The molecule has 1 fully saturated rings. The van der Waals surface area contributed by atoms with Crippen LogP contribution < -0.4 is 5.56 Å². The number of aromatic carboxylic acids is 1. The van der Waals surface area contributed by atoms with Gasteiger partial charge in [0.2, 0.25) is 5.91 Å². The average Bonchev–Trinajstić information content (AvgIpc) is 2.82. The number of hydrogen-bond acceptors (Lipinski definition) is 5. The second-order valence-electron chi connectivity index (χ2n) is 10.4. The summed E-state index contributed by atoms with van der Waals surface area (Å²) in [7, 11) is 0. The van der Waals surface area contributed by atoms with Crippen LogP contribution in [0.15, 0.2) is 47.3 Å². The number of rotatable bonds is 7. The van der Waals surface area contributed by atoms with Gasteiger partial charge in [-0.25, -0.2) is 9.78 Å². The Morgan fingerprint density at radius 2 is 1.81 bits per heavy atom. The molecule has 0 unspecified atom stereocenters. The van der Waals surface area contributed by atoms with E-state index < -0.39 is 11.4 Å². The van der Waals surface area contributed by atoms with E-state index in [4.69, 9.17) is 0 Å². The predicted molar refractivity (Wildman–Crippen MR) is 136 cm³/mol. The number of piperidine rings is 1. The maximum atomic E-state index is 13.1. The van der Waals surface area contributed by atoms with Crippen LogP contribution in [0, 0.1) is 18.3 Å². The highest BCUT2D eigenvalue weighted by Gasteiger charge is 2.31. The van der Waals surface area contributed by atoms with Crippen molar-refractivity contribution in [2.75, 3.05) is 13.1 Å². The summed E-state index contributed by atoms with van der Waals surface area (Å²) in [6.45, 7) is 6.66. The molecule has 2 aromatic carbocycles.